The summed E-state index contributed by atoms with van der Waals surface area (Å²) in [6.07, 6.45) is 3.35. The highest BCUT2D eigenvalue weighted by molar-refractivity contribution is 8.00. The summed E-state index contributed by atoms with van der Waals surface area (Å²) in [5, 5.41) is 8.01. The topological polar surface area (TPSA) is 73.8 Å². The van der Waals surface area contributed by atoms with Gasteiger partial charge in [-0.05, 0) is 5.56 Å². The third kappa shape index (κ3) is 3.23. The average Bonchev–Trinajstić information content (AvgIpc) is 2.84. The molecule has 0 radical (unpaired) electrons. The number of allylic oxidation sites excluding steroid dienone is 1. The molecule has 0 aliphatic heterocycles. The molecular formula is C13H14N4OS. The number of hydrogen-bond donors (Lipinski definition) is 1. The fourth-order valence-electron chi connectivity index (χ4n) is 1.62. The Balaban J connectivity index is 2.24. The molecule has 5 nitrogen and oxygen atoms in total. The first-order valence-electron chi connectivity index (χ1n) is 5.72. The van der Waals surface area contributed by atoms with Gasteiger partial charge < -0.3 is 10.3 Å². The number of nitrogens with zero attached hydrogens (tertiary/aromatic N) is 3. The zero-order valence-corrected chi connectivity index (χ0v) is 11.1. The maximum atomic E-state index is 11.6. The number of thioether (sulfide) groups is 1. The fourth-order valence-corrected chi connectivity index (χ4v) is 2.60. The minimum Gasteiger partial charge on any atom is -0.368 e. The number of carbonyl (C=O) groups is 1. The van der Waals surface area contributed by atoms with Crippen molar-refractivity contribution in [1.29, 1.82) is 0 Å². The number of aromatic nitrogens is 3. The summed E-state index contributed by atoms with van der Waals surface area (Å²) in [6.45, 7) is 4.26. The number of primary amides is 1. The van der Waals surface area contributed by atoms with Crippen molar-refractivity contribution in [2.24, 2.45) is 5.73 Å². The molecule has 1 heterocycles. The second-order valence-corrected chi connectivity index (χ2v) is 4.94. The quantitative estimate of drug-likeness (QED) is 0.643. The second-order valence-electron chi connectivity index (χ2n) is 3.87. The molecule has 0 aliphatic rings. The van der Waals surface area contributed by atoms with E-state index in [1.807, 2.05) is 34.9 Å². The van der Waals surface area contributed by atoms with Crippen LogP contribution in [0.2, 0.25) is 0 Å². The average molecular weight is 274 g/mol. The molecule has 2 N–H and O–H groups in total. The summed E-state index contributed by atoms with van der Waals surface area (Å²) < 4.78 is 1.82. The van der Waals surface area contributed by atoms with E-state index in [9.17, 15) is 4.79 Å². The Kier molecular flexibility index (Phi) is 4.35. The van der Waals surface area contributed by atoms with Gasteiger partial charge in [-0.15, -0.1) is 16.8 Å². The molecule has 1 amide bonds. The van der Waals surface area contributed by atoms with Gasteiger partial charge in [0.1, 0.15) is 11.6 Å². The lowest BCUT2D eigenvalue weighted by molar-refractivity contribution is -0.117. The van der Waals surface area contributed by atoms with Crippen molar-refractivity contribution in [3.63, 3.8) is 0 Å². The standard InChI is InChI=1S/C13H14N4OS/c1-2-8-17-9-15-16-13(17)19-11(12(14)18)10-6-4-3-5-7-10/h2-7,9,11H,1,8H2,(H2,14,18). The molecule has 1 aromatic carbocycles. The van der Waals surface area contributed by atoms with Gasteiger partial charge in [-0.1, -0.05) is 48.2 Å². The van der Waals surface area contributed by atoms with E-state index in [0.717, 1.165) is 5.56 Å². The van der Waals surface area contributed by atoms with Crippen molar-refractivity contribution >= 4 is 17.7 Å². The fraction of sp³-hybridized carbons (Fsp3) is 0.154. The Morgan fingerprint density at radius 3 is 2.84 bits per heavy atom. The first kappa shape index (κ1) is 13.4. The molecule has 0 saturated carbocycles. The minimum atomic E-state index is -0.478. The summed E-state index contributed by atoms with van der Waals surface area (Å²) in [5.41, 5.74) is 6.33. The predicted octanol–water partition coefficient (Wildman–Crippen LogP) is 1.78. The van der Waals surface area contributed by atoms with Gasteiger partial charge in [-0.25, -0.2) is 0 Å². The molecule has 0 fully saturated rings. The van der Waals surface area contributed by atoms with E-state index in [4.69, 9.17) is 5.73 Å². The third-order valence-corrected chi connectivity index (χ3v) is 3.76. The molecule has 0 saturated heterocycles. The van der Waals surface area contributed by atoms with Crippen LogP contribution in [0.4, 0.5) is 0 Å². The first-order valence-corrected chi connectivity index (χ1v) is 6.60. The highest BCUT2D eigenvalue weighted by atomic mass is 32.2. The number of carbonyl (C=O) groups excluding carboxylic acids is 1. The van der Waals surface area contributed by atoms with Crippen molar-refractivity contribution in [1.82, 2.24) is 14.8 Å². The first-order chi connectivity index (χ1) is 9.22. The van der Waals surface area contributed by atoms with Crippen molar-refractivity contribution in [2.75, 3.05) is 0 Å². The van der Waals surface area contributed by atoms with Crippen LogP contribution in [0.1, 0.15) is 10.8 Å². The van der Waals surface area contributed by atoms with Crippen LogP contribution in [0, 0.1) is 0 Å². The van der Waals surface area contributed by atoms with Gasteiger partial charge in [-0.3, -0.25) is 4.79 Å². The Labute approximate surface area is 115 Å². The van der Waals surface area contributed by atoms with Gasteiger partial charge in [0, 0.05) is 6.54 Å². The van der Waals surface area contributed by atoms with Crippen LogP contribution in [0.5, 0.6) is 0 Å². The lowest BCUT2D eigenvalue weighted by atomic mass is 10.1. The number of hydrogen-bond acceptors (Lipinski definition) is 4. The van der Waals surface area contributed by atoms with E-state index < -0.39 is 11.2 Å². The van der Waals surface area contributed by atoms with Crippen LogP contribution in [-0.2, 0) is 11.3 Å². The van der Waals surface area contributed by atoms with E-state index in [1.165, 1.54) is 11.8 Å². The van der Waals surface area contributed by atoms with Crippen LogP contribution >= 0.6 is 11.8 Å². The molecular weight excluding hydrogens is 260 g/mol. The molecule has 1 aromatic heterocycles. The number of benzene rings is 1. The van der Waals surface area contributed by atoms with Gasteiger partial charge in [-0.2, -0.15) is 0 Å². The van der Waals surface area contributed by atoms with Gasteiger partial charge in [0.15, 0.2) is 5.16 Å². The molecule has 0 bridgehead atoms. The van der Waals surface area contributed by atoms with Crippen LogP contribution < -0.4 is 5.73 Å². The smallest absolute Gasteiger partial charge is 0.235 e. The molecule has 1 atom stereocenters. The largest absolute Gasteiger partial charge is 0.368 e. The van der Waals surface area contributed by atoms with Crippen molar-refractivity contribution in [3.8, 4) is 0 Å². The van der Waals surface area contributed by atoms with Crippen LogP contribution in [0.15, 0.2) is 54.5 Å². The molecule has 19 heavy (non-hydrogen) atoms. The van der Waals surface area contributed by atoms with Crippen LogP contribution in [0.3, 0.4) is 0 Å². The zero-order valence-electron chi connectivity index (χ0n) is 10.3. The second kappa shape index (κ2) is 6.19. The SMILES string of the molecule is C=CCn1cnnc1SC(C(N)=O)c1ccccc1. The van der Waals surface area contributed by atoms with Crippen molar-refractivity contribution in [3.05, 3.63) is 54.9 Å². The van der Waals surface area contributed by atoms with E-state index in [0.29, 0.717) is 11.7 Å². The summed E-state index contributed by atoms with van der Waals surface area (Å²) in [5.74, 6) is -0.399. The van der Waals surface area contributed by atoms with Crippen molar-refractivity contribution < 1.29 is 4.79 Å². The summed E-state index contributed by atoms with van der Waals surface area (Å²) >= 11 is 1.29. The molecule has 0 spiro atoms. The van der Waals surface area contributed by atoms with Gasteiger partial charge >= 0.3 is 0 Å². The summed E-state index contributed by atoms with van der Waals surface area (Å²) in [4.78, 5) is 11.6. The molecule has 2 rings (SSSR count). The van der Waals surface area contributed by atoms with Crippen LogP contribution in [0.25, 0.3) is 0 Å². The zero-order chi connectivity index (χ0) is 13.7. The number of amides is 1. The molecule has 2 aromatic rings. The van der Waals surface area contributed by atoms with E-state index in [-0.39, 0.29) is 0 Å². The minimum absolute atomic E-state index is 0.399. The molecule has 1 unspecified atom stereocenters. The van der Waals surface area contributed by atoms with Crippen LogP contribution in [-0.4, -0.2) is 20.7 Å². The van der Waals surface area contributed by atoms with E-state index in [1.54, 1.807) is 12.4 Å². The third-order valence-electron chi connectivity index (χ3n) is 2.49. The number of rotatable bonds is 6. The lowest BCUT2D eigenvalue weighted by Gasteiger charge is -2.12. The lowest BCUT2D eigenvalue weighted by Crippen LogP contribution is -2.19. The van der Waals surface area contributed by atoms with Crippen molar-refractivity contribution in [2.45, 2.75) is 17.0 Å². The maximum absolute atomic E-state index is 11.6. The van der Waals surface area contributed by atoms with E-state index in [2.05, 4.69) is 16.8 Å². The normalized spacial score (nSPS) is 12.0. The Bertz CT molecular complexity index is 567. The summed E-state index contributed by atoms with van der Waals surface area (Å²) in [6, 6.07) is 9.39. The molecule has 6 heteroatoms. The Hall–Kier alpha value is -2.08. The van der Waals surface area contributed by atoms with Gasteiger partial charge in [0.05, 0.1) is 0 Å². The highest BCUT2D eigenvalue weighted by Crippen LogP contribution is 2.33. The molecule has 0 aliphatic carbocycles. The monoisotopic (exact) mass is 274 g/mol. The predicted molar refractivity (Wildman–Crippen MR) is 74.5 cm³/mol. The van der Waals surface area contributed by atoms with Gasteiger partial charge in [0.25, 0.3) is 0 Å². The Morgan fingerprint density at radius 2 is 2.21 bits per heavy atom. The van der Waals surface area contributed by atoms with Gasteiger partial charge in [0.2, 0.25) is 5.91 Å². The molecule has 98 valence electrons. The maximum Gasteiger partial charge on any atom is 0.235 e. The van der Waals surface area contributed by atoms with E-state index >= 15 is 0 Å². The highest BCUT2D eigenvalue weighted by Gasteiger charge is 2.21. The number of nitrogens with two attached hydrogens (primary N) is 1. The Morgan fingerprint density at radius 1 is 1.47 bits per heavy atom. The summed E-state index contributed by atoms with van der Waals surface area (Å²) in [7, 11) is 0.